The number of pyridine rings is 1. The zero-order valence-electron chi connectivity index (χ0n) is 19.3. The van der Waals surface area contributed by atoms with Gasteiger partial charge in [-0.3, -0.25) is 0 Å². The zero-order valence-corrected chi connectivity index (χ0v) is 21.3. The van der Waals surface area contributed by atoms with Crippen LogP contribution in [0.3, 0.4) is 0 Å². The summed E-state index contributed by atoms with van der Waals surface area (Å²) in [5, 5.41) is 13.2. The number of carbonyl (C=O) groups is 1. The van der Waals surface area contributed by atoms with Gasteiger partial charge in [0, 0.05) is 40.7 Å². The molecule has 0 amide bonds. The summed E-state index contributed by atoms with van der Waals surface area (Å²) >= 11 is 0. The largest absolute Gasteiger partial charge is 1.00 e. The fraction of sp³-hybridized carbons (Fsp3) is 0.111. The zero-order chi connectivity index (χ0) is 23.3. The second kappa shape index (κ2) is 9.22. The first-order valence-electron chi connectivity index (χ1n) is 10.4. The number of methoxy groups -OCH3 is 1. The van der Waals surface area contributed by atoms with E-state index < -0.39 is 11.8 Å². The van der Waals surface area contributed by atoms with Crippen LogP contribution in [0.5, 0.6) is 5.75 Å². The summed E-state index contributed by atoms with van der Waals surface area (Å²) < 4.78 is 21.3. The summed E-state index contributed by atoms with van der Waals surface area (Å²) in [5.74, 6) is -1.12. The molecule has 0 aliphatic heterocycles. The van der Waals surface area contributed by atoms with Crippen LogP contribution in [0.15, 0.2) is 66.9 Å². The molecular weight excluding hydrogens is 442 g/mol. The minimum atomic E-state index is -1.36. The molecule has 34 heavy (non-hydrogen) atoms. The third kappa shape index (κ3) is 3.88. The summed E-state index contributed by atoms with van der Waals surface area (Å²) in [5.41, 5.74) is 5.11. The van der Waals surface area contributed by atoms with E-state index in [-0.39, 0.29) is 40.5 Å². The van der Waals surface area contributed by atoms with Crippen LogP contribution in [-0.2, 0) is 7.05 Å². The number of nitrogens with zero attached hydrogens (tertiary/aromatic N) is 2. The summed E-state index contributed by atoms with van der Waals surface area (Å²) in [6.07, 6.45) is 1.94. The van der Waals surface area contributed by atoms with Gasteiger partial charge in [-0.15, -0.1) is 0 Å². The minimum Gasteiger partial charge on any atom is -0.545 e. The van der Waals surface area contributed by atoms with E-state index in [1.807, 2.05) is 60.3 Å². The SMILES string of the molecule is COc1cccc(-c2cccc3c(-c4nc5ccc(F)cc5c(C(=O)[O-])c4C)cn(C)c23)c1.[Na+]. The smallest absolute Gasteiger partial charge is 0.545 e. The van der Waals surface area contributed by atoms with Crippen molar-refractivity contribution in [1.82, 2.24) is 9.55 Å². The van der Waals surface area contributed by atoms with Crippen molar-refractivity contribution in [3.63, 3.8) is 0 Å². The van der Waals surface area contributed by atoms with Crippen LogP contribution in [0.25, 0.3) is 44.2 Å². The molecule has 3 aromatic carbocycles. The Morgan fingerprint density at radius 2 is 1.79 bits per heavy atom. The summed E-state index contributed by atoms with van der Waals surface area (Å²) in [6.45, 7) is 1.68. The summed E-state index contributed by atoms with van der Waals surface area (Å²) in [4.78, 5) is 16.8. The predicted octanol–water partition coefficient (Wildman–Crippen LogP) is 1.88. The molecule has 2 heterocycles. The van der Waals surface area contributed by atoms with E-state index in [9.17, 15) is 14.3 Å². The monoisotopic (exact) mass is 462 g/mol. The maximum atomic E-state index is 13.9. The standard InChI is InChI=1S/C27H21FN2O3.Na/c1-15-24(27(31)32)21-13-17(28)10-11-23(21)29-25(15)22-14-30(2)26-19(8-5-9-20(22)26)16-6-4-7-18(12-16)33-3;/h4-14H,1-3H3,(H,31,32);/q;+1/p-1. The maximum Gasteiger partial charge on any atom is 1.00 e. The molecule has 0 radical (unpaired) electrons. The van der Waals surface area contributed by atoms with Crippen LogP contribution in [0.2, 0.25) is 0 Å². The Morgan fingerprint density at radius 1 is 1.03 bits per heavy atom. The Balaban J connectivity index is 0.00000274. The average molecular weight is 462 g/mol. The van der Waals surface area contributed by atoms with E-state index >= 15 is 0 Å². The number of hydrogen-bond donors (Lipinski definition) is 0. The number of ether oxygens (including phenoxy) is 1. The number of aryl methyl sites for hydroxylation is 1. The van der Waals surface area contributed by atoms with Crippen LogP contribution in [0.1, 0.15) is 15.9 Å². The summed E-state index contributed by atoms with van der Waals surface area (Å²) in [7, 11) is 3.58. The number of halogens is 1. The van der Waals surface area contributed by atoms with Crippen LogP contribution >= 0.6 is 0 Å². The van der Waals surface area contributed by atoms with Gasteiger partial charge in [0.15, 0.2) is 0 Å². The van der Waals surface area contributed by atoms with Gasteiger partial charge in [0.2, 0.25) is 0 Å². The number of aromatic carboxylic acids is 1. The molecule has 0 aliphatic carbocycles. The molecule has 0 atom stereocenters. The van der Waals surface area contributed by atoms with Gasteiger partial charge in [0.05, 0.1) is 29.8 Å². The number of fused-ring (bicyclic) bond motifs is 2. The van der Waals surface area contributed by atoms with Crippen molar-refractivity contribution in [2.75, 3.05) is 7.11 Å². The number of benzene rings is 3. The Hall–Kier alpha value is -3.19. The average Bonchev–Trinajstić information content (AvgIpc) is 3.15. The predicted molar refractivity (Wildman–Crippen MR) is 125 cm³/mol. The van der Waals surface area contributed by atoms with Gasteiger partial charge >= 0.3 is 29.6 Å². The number of carboxylic acids is 1. The van der Waals surface area contributed by atoms with E-state index in [0.29, 0.717) is 16.8 Å². The molecule has 164 valence electrons. The van der Waals surface area contributed by atoms with Crippen LogP contribution in [0, 0.1) is 12.7 Å². The Morgan fingerprint density at radius 3 is 2.53 bits per heavy atom. The maximum absolute atomic E-state index is 13.9. The number of carboxylic acid groups (broad SMARTS) is 1. The van der Waals surface area contributed by atoms with Crippen molar-refractivity contribution in [3.05, 3.63) is 83.8 Å². The van der Waals surface area contributed by atoms with Crippen LogP contribution in [-0.4, -0.2) is 22.6 Å². The summed E-state index contributed by atoms with van der Waals surface area (Å²) in [6, 6.07) is 17.8. The molecule has 5 aromatic rings. The quantitative estimate of drug-likeness (QED) is 0.383. The van der Waals surface area contributed by atoms with Gasteiger partial charge < -0.3 is 19.2 Å². The number of hydrogen-bond acceptors (Lipinski definition) is 4. The molecule has 5 nitrogen and oxygen atoms in total. The van der Waals surface area contributed by atoms with Crippen molar-refractivity contribution in [2.24, 2.45) is 7.05 Å². The van der Waals surface area contributed by atoms with Crippen molar-refractivity contribution in [1.29, 1.82) is 0 Å². The molecule has 0 bridgehead atoms. The number of para-hydroxylation sites is 1. The third-order valence-corrected chi connectivity index (χ3v) is 6.03. The van der Waals surface area contributed by atoms with Gasteiger partial charge in [0.1, 0.15) is 11.6 Å². The first-order valence-corrected chi connectivity index (χ1v) is 10.4. The van der Waals surface area contributed by atoms with E-state index in [4.69, 9.17) is 9.72 Å². The molecule has 2 aromatic heterocycles. The minimum absolute atomic E-state index is 0. The molecule has 0 spiro atoms. The van der Waals surface area contributed by atoms with E-state index in [0.717, 1.165) is 33.3 Å². The second-order valence-corrected chi connectivity index (χ2v) is 8.00. The molecular formula is C27H20FN2NaO3. The van der Waals surface area contributed by atoms with Gasteiger partial charge in [-0.2, -0.15) is 0 Å². The van der Waals surface area contributed by atoms with Gasteiger partial charge in [-0.05, 0) is 48.4 Å². The van der Waals surface area contributed by atoms with Crippen molar-refractivity contribution >= 4 is 27.8 Å². The van der Waals surface area contributed by atoms with Crippen molar-refractivity contribution in [2.45, 2.75) is 6.92 Å². The second-order valence-electron chi connectivity index (χ2n) is 8.00. The van der Waals surface area contributed by atoms with Crippen molar-refractivity contribution in [3.8, 4) is 28.1 Å². The topological polar surface area (TPSA) is 67.2 Å². The Labute approximate surface area is 218 Å². The van der Waals surface area contributed by atoms with E-state index in [1.165, 1.54) is 18.2 Å². The normalized spacial score (nSPS) is 10.9. The molecule has 0 saturated carbocycles. The third-order valence-electron chi connectivity index (χ3n) is 6.03. The fourth-order valence-corrected chi connectivity index (χ4v) is 4.54. The molecule has 7 heteroatoms. The Kier molecular flexibility index (Phi) is 6.49. The van der Waals surface area contributed by atoms with Gasteiger partial charge in [-0.1, -0.05) is 30.3 Å². The Bertz CT molecular complexity index is 1580. The first kappa shape index (κ1) is 24.0. The van der Waals surface area contributed by atoms with Gasteiger partial charge in [0.25, 0.3) is 0 Å². The molecule has 0 unspecified atom stereocenters. The van der Waals surface area contributed by atoms with Crippen LogP contribution in [0.4, 0.5) is 4.39 Å². The molecule has 0 aliphatic rings. The number of aromatic nitrogens is 2. The number of carbonyl (C=O) groups excluding carboxylic acids is 1. The molecule has 0 saturated heterocycles. The number of rotatable bonds is 4. The molecule has 5 rings (SSSR count). The van der Waals surface area contributed by atoms with Crippen LogP contribution < -0.4 is 39.4 Å². The van der Waals surface area contributed by atoms with Crippen molar-refractivity contribution < 1.29 is 48.6 Å². The van der Waals surface area contributed by atoms with E-state index in [2.05, 4.69) is 0 Å². The van der Waals surface area contributed by atoms with Gasteiger partial charge in [-0.25, -0.2) is 9.37 Å². The first-order chi connectivity index (χ1) is 15.9. The molecule has 0 fully saturated rings. The fourth-order valence-electron chi connectivity index (χ4n) is 4.54. The molecule has 0 N–H and O–H groups in total. The van der Waals surface area contributed by atoms with E-state index in [1.54, 1.807) is 14.0 Å².